The van der Waals surface area contributed by atoms with Gasteiger partial charge in [-0.15, -0.1) is 5.10 Å². The predicted molar refractivity (Wildman–Crippen MR) is 118 cm³/mol. The lowest BCUT2D eigenvalue weighted by Gasteiger charge is -2.33. The molecule has 1 heterocycles. The highest BCUT2D eigenvalue weighted by Crippen LogP contribution is 2.27. The van der Waals surface area contributed by atoms with Crippen molar-refractivity contribution in [3.63, 3.8) is 0 Å². The SMILES string of the molecule is Cc1cccc(C(C(=O)NC(C)(C)C)N(Cc2ccccc2F)C(=O)c2csnn2)c1. The zero-order chi connectivity index (χ0) is 22.6. The van der Waals surface area contributed by atoms with Crippen LogP contribution in [0.15, 0.2) is 53.9 Å². The zero-order valence-electron chi connectivity index (χ0n) is 17.9. The standard InChI is InChI=1S/C23H25FN4O2S/c1-15-8-7-10-16(12-15)20(21(29)25-23(2,3)4)28(22(30)19-14-31-27-26-19)13-17-9-5-6-11-18(17)24/h5-12,14,20H,13H2,1-4H3,(H,25,29). The van der Waals surface area contributed by atoms with Crippen LogP contribution in [0, 0.1) is 12.7 Å². The number of rotatable bonds is 6. The maximum absolute atomic E-state index is 14.5. The third kappa shape index (κ3) is 5.73. The van der Waals surface area contributed by atoms with Crippen molar-refractivity contribution in [2.24, 2.45) is 0 Å². The minimum absolute atomic E-state index is 0.0980. The molecule has 8 heteroatoms. The third-order valence-electron chi connectivity index (χ3n) is 4.55. The minimum Gasteiger partial charge on any atom is -0.349 e. The van der Waals surface area contributed by atoms with Gasteiger partial charge in [0.15, 0.2) is 5.69 Å². The Hall–Kier alpha value is -3.13. The number of benzene rings is 2. The smallest absolute Gasteiger partial charge is 0.276 e. The fourth-order valence-corrected chi connectivity index (χ4v) is 3.68. The number of aryl methyl sites for hydroxylation is 1. The van der Waals surface area contributed by atoms with Gasteiger partial charge in [0.05, 0.1) is 6.54 Å². The molecule has 0 fully saturated rings. The van der Waals surface area contributed by atoms with E-state index in [0.717, 1.165) is 17.1 Å². The number of hydrogen-bond donors (Lipinski definition) is 1. The number of hydrogen-bond acceptors (Lipinski definition) is 5. The highest BCUT2D eigenvalue weighted by Gasteiger charge is 2.35. The molecule has 0 aliphatic carbocycles. The van der Waals surface area contributed by atoms with E-state index in [2.05, 4.69) is 14.9 Å². The van der Waals surface area contributed by atoms with Crippen LogP contribution in [-0.2, 0) is 11.3 Å². The zero-order valence-corrected chi connectivity index (χ0v) is 18.7. The van der Waals surface area contributed by atoms with Crippen LogP contribution in [0.1, 0.15) is 54.0 Å². The summed E-state index contributed by atoms with van der Waals surface area (Å²) in [6.07, 6.45) is 0. The lowest BCUT2D eigenvalue weighted by Crippen LogP contribution is -2.49. The quantitative estimate of drug-likeness (QED) is 0.621. The van der Waals surface area contributed by atoms with Crippen molar-refractivity contribution in [2.45, 2.75) is 45.8 Å². The summed E-state index contributed by atoms with van der Waals surface area (Å²) in [4.78, 5) is 28.2. The number of halogens is 1. The van der Waals surface area contributed by atoms with E-state index in [0.29, 0.717) is 11.1 Å². The molecule has 0 saturated carbocycles. The van der Waals surface area contributed by atoms with E-state index in [1.807, 2.05) is 45.9 Å². The third-order valence-corrected chi connectivity index (χ3v) is 5.06. The van der Waals surface area contributed by atoms with Gasteiger partial charge in [-0.3, -0.25) is 9.59 Å². The summed E-state index contributed by atoms with van der Waals surface area (Å²) in [6.45, 7) is 7.41. The van der Waals surface area contributed by atoms with E-state index >= 15 is 0 Å². The lowest BCUT2D eigenvalue weighted by molar-refractivity contribution is -0.127. The number of nitrogens with one attached hydrogen (secondary N) is 1. The van der Waals surface area contributed by atoms with Crippen LogP contribution in [0.3, 0.4) is 0 Å². The van der Waals surface area contributed by atoms with Crippen molar-refractivity contribution < 1.29 is 14.0 Å². The first kappa shape index (κ1) is 22.6. The fraction of sp³-hybridized carbons (Fsp3) is 0.304. The average Bonchev–Trinajstić information content (AvgIpc) is 3.22. The molecular formula is C23H25FN4O2S. The van der Waals surface area contributed by atoms with Gasteiger partial charge in [0.25, 0.3) is 5.91 Å². The molecular weight excluding hydrogens is 415 g/mol. The van der Waals surface area contributed by atoms with Crippen LogP contribution in [-0.4, -0.2) is 31.8 Å². The van der Waals surface area contributed by atoms with Gasteiger partial charge in [-0.1, -0.05) is 52.5 Å². The normalized spacial score (nSPS) is 12.3. The lowest BCUT2D eigenvalue weighted by atomic mass is 9.99. The number of aromatic nitrogens is 2. The molecule has 2 aromatic carbocycles. The Morgan fingerprint density at radius 2 is 1.90 bits per heavy atom. The first-order chi connectivity index (χ1) is 14.7. The molecule has 3 rings (SSSR count). The summed E-state index contributed by atoms with van der Waals surface area (Å²) < 4.78 is 18.3. The predicted octanol–water partition coefficient (Wildman–Crippen LogP) is 4.28. The second-order valence-electron chi connectivity index (χ2n) is 8.37. The Bertz CT molecular complexity index is 1060. The Balaban J connectivity index is 2.12. The number of amides is 2. The van der Waals surface area contributed by atoms with E-state index in [1.54, 1.807) is 24.3 Å². The molecule has 1 atom stereocenters. The molecule has 0 aliphatic heterocycles. The molecule has 3 aromatic rings. The van der Waals surface area contributed by atoms with Gasteiger partial charge in [0.1, 0.15) is 11.9 Å². The summed E-state index contributed by atoms with van der Waals surface area (Å²) in [6, 6.07) is 12.6. The molecule has 6 nitrogen and oxygen atoms in total. The summed E-state index contributed by atoms with van der Waals surface area (Å²) in [7, 11) is 0. The van der Waals surface area contributed by atoms with Gasteiger partial charge in [-0.25, -0.2) is 4.39 Å². The topological polar surface area (TPSA) is 75.2 Å². The van der Waals surface area contributed by atoms with Gasteiger partial charge >= 0.3 is 0 Å². The van der Waals surface area contributed by atoms with Crippen LogP contribution in [0.5, 0.6) is 0 Å². The molecule has 31 heavy (non-hydrogen) atoms. The van der Waals surface area contributed by atoms with Crippen LogP contribution in [0.4, 0.5) is 4.39 Å². The van der Waals surface area contributed by atoms with Crippen molar-refractivity contribution in [2.75, 3.05) is 0 Å². The number of nitrogens with zero attached hydrogens (tertiary/aromatic N) is 3. The van der Waals surface area contributed by atoms with Crippen molar-refractivity contribution in [1.29, 1.82) is 0 Å². The first-order valence-corrected chi connectivity index (χ1v) is 10.7. The van der Waals surface area contributed by atoms with Gasteiger partial charge in [0.2, 0.25) is 5.91 Å². The number of carbonyl (C=O) groups is 2. The van der Waals surface area contributed by atoms with Crippen molar-refractivity contribution in [1.82, 2.24) is 19.8 Å². The molecule has 162 valence electrons. The van der Waals surface area contributed by atoms with E-state index in [-0.39, 0.29) is 18.1 Å². The molecule has 1 aromatic heterocycles. The van der Waals surface area contributed by atoms with Gasteiger partial charge in [-0.05, 0) is 50.9 Å². The molecule has 0 spiro atoms. The van der Waals surface area contributed by atoms with Crippen LogP contribution in [0.2, 0.25) is 0 Å². The Kier molecular flexibility index (Phi) is 6.80. The van der Waals surface area contributed by atoms with Crippen LogP contribution >= 0.6 is 11.5 Å². The Morgan fingerprint density at radius 3 is 2.52 bits per heavy atom. The van der Waals surface area contributed by atoms with Crippen molar-refractivity contribution >= 4 is 23.3 Å². The molecule has 0 aliphatic rings. The Morgan fingerprint density at radius 1 is 1.16 bits per heavy atom. The van der Waals surface area contributed by atoms with E-state index in [9.17, 15) is 14.0 Å². The summed E-state index contributed by atoms with van der Waals surface area (Å²) in [5.41, 5.74) is 1.48. The second-order valence-corrected chi connectivity index (χ2v) is 8.98. The largest absolute Gasteiger partial charge is 0.349 e. The first-order valence-electron chi connectivity index (χ1n) is 9.86. The average molecular weight is 441 g/mol. The summed E-state index contributed by atoms with van der Waals surface area (Å²) in [5, 5.41) is 8.36. The maximum atomic E-state index is 14.5. The highest BCUT2D eigenvalue weighted by atomic mass is 32.1. The van der Waals surface area contributed by atoms with Gasteiger partial charge in [-0.2, -0.15) is 0 Å². The summed E-state index contributed by atoms with van der Waals surface area (Å²) >= 11 is 1.04. The van der Waals surface area contributed by atoms with E-state index in [4.69, 9.17) is 0 Å². The van der Waals surface area contributed by atoms with Crippen molar-refractivity contribution in [3.05, 3.63) is 82.1 Å². The van der Waals surface area contributed by atoms with Crippen LogP contribution in [0.25, 0.3) is 0 Å². The van der Waals surface area contributed by atoms with Crippen LogP contribution < -0.4 is 5.32 Å². The molecule has 1 N–H and O–H groups in total. The van der Waals surface area contributed by atoms with Crippen molar-refractivity contribution in [3.8, 4) is 0 Å². The van der Waals surface area contributed by atoms with E-state index < -0.39 is 23.3 Å². The summed E-state index contributed by atoms with van der Waals surface area (Å²) in [5.74, 6) is -1.30. The molecule has 0 bridgehead atoms. The van der Waals surface area contributed by atoms with Gasteiger partial charge < -0.3 is 10.2 Å². The second kappa shape index (κ2) is 9.34. The van der Waals surface area contributed by atoms with Gasteiger partial charge in [0, 0.05) is 16.5 Å². The maximum Gasteiger partial charge on any atom is 0.276 e. The number of carbonyl (C=O) groups excluding carboxylic acids is 2. The fourth-order valence-electron chi connectivity index (χ4n) is 3.25. The molecule has 2 amide bonds. The minimum atomic E-state index is -0.979. The monoisotopic (exact) mass is 440 g/mol. The molecule has 1 unspecified atom stereocenters. The molecule has 0 radical (unpaired) electrons. The van der Waals surface area contributed by atoms with E-state index in [1.165, 1.54) is 16.3 Å². The highest BCUT2D eigenvalue weighted by molar-refractivity contribution is 7.03. The molecule has 0 saturated heterocycles. The Labute approximate surface area is 185 Å².